The zero-order valence-corrected chi connectivity index (χ0v) is 11.2. The number of nitrogen functional groups attached to an aromatic ring is 1. The molecule has 3 aromatic rings. The molecule has 0 aliphatic heterocycles. The number of aromatic amines is 1. The van der Waals surface area contributed by atoms with Crippen LogP contribution in [-0.2, 0) is 6.54 Å². The van der Waals surface area contributed by atoms with E-state index in [1.165, 1.54) is 6.33 Å². The summed E-state index contributed by atoms with van der Waals surface area (Å²) in [6.45, 7) is 0.339. The summed E-state index contributed by atoms with van der Waals surface area (Å²) in [5.41, 5.74) is 6.00. The van der Waals surface area contributed by atoms with E-state index >= 15 is 0 Å². The molecule has 0 saturated heterocycles. The fourth-order valence-corrected chi connectivity index (χ4v) is 2.24. The number of nitrogens with one attached hydrogen (secondary N) is 1. The van der Waals surface area contributed by atoms with Crippen molar-refractivity contribution in [2.75, 3.05) is 12.8 Å². The van der Waals surface area contributed by atoms with Gasteiger partial charge in [0.2, 0.25) is 12.3 Å². The molecule has 8 heteroatoms. The zero-order chi connectivity index (χ0) is 15.0. The summed E-state index contributed by atoms with van der Waals surface area (Å²) in [6, 6.07) is 7.41. The predicted molar refractivity (Wildman–Crippen MR) is 75.8 cm³/mol. The number of nitrogens with zero attached hydrogens (tertiary/aromatic N) is 3. The second kappa shape index (κ2) is 4.82. The van der Waals surface area contributed by atoms with Crippen LogP contribution >= 0.6 is 0 Å². The molecule has 108 valence electrons. The highest BCUT2D eigenvalue weighted by Crippen LogP contribution is 2.19. The standard InChI is InChI=1S/C13H13N5O3/c1-21-9-5-3-2-4-8(9)6-17-7-18(20)10-11(17)15-13(14)16-12(10)19/h2-5,7H,6H2,1H3,(H3,14,15,16,19). The molecule has 3 rings (SSSR count). The number of methoxy groups -OCH3 is 1. The number of benzene rings is 1. The first-order valence-electron chi connectivity index (χ1n) is 6.20. The van der Waals surface area contributed by atoms with E-state index < -0.39 is 5.56 Å². The number of anilines is 1. The summed E-state index contributed by atoms with van der Waals surface area (Å²) < 4.78 is 7.32. The number of rotatable bonds is 3. The summed E-state index contributed by atoms with van der Waals surface area (Å²) >= 11 is 0. The van der Waals surface area contributed by atoms with Gasteiger partial charge in [-0.3, -0.25) is 9.78 Å². The minimum atomic E-state index is -0.564. The van der Waals surface area contributed by atoms with Crippen LogP contribution in [0, 0.1) is 5.21 Å². The van der Waals surface area contributed by atoms with Gasteiger partial charge in [0.15, 0.2) is 0 Å². The molecule has 0 saturated carbocycles. The van der Waals surface area contributed by atoms with Crippen LogP contribution in [0.25, 0.3) is 11.2 Å². The molecule has 0 amide bonds. The molecule has 21 heavy (non-hydrogen) atoms. The van der Waals surface area contributed by atoms with Crippen molar-refractivity contribution in [3.05, 3.63) is 51.7 Å². The molecule has 0 unspecified atom stereocenters. The maximum atomic E-state index is 11.8. The molecule has 0 fully saturated rings. The molecule has 2 heterocycles. The lowest BCUT2D eigenvalue weighted by Gasteiger charge is -2.05. The first-order chi connectivity index (χ1) is 10.1. The van der Waals surface area contributed by atoms with E-state index in [0.29, 0.717) is 17.0 Å². The Morgan fingerprint density at radius 2 is 2.24 bits per heavy atom. The first-order valence-corrected chi connectivity index (χ1v) is 6.20. The molecule has 1 aromatic carbocycles. The molecule has 3 N–H and O–H groups in total. The van der Waals surface area contributed by atoms with Crippen molar-refractivity contribution in [3.63, 3.8) is 0 Å². The highest BCUT2D eigenvalue weighted by atomic mass is 16.5. The molecule has 0 radical (unpaired) electrons. The number of para-hydroxylation sites is 1. The lowest BCUT2D eigenvalue weighted by Crippen LogP contribution is -2.29. The number of fused-ring (bicyclic) bond motifs is 1. The predicted octanol–water partition coefficient (Wildman–Crippen LogP) is -0.00290. The second-order valence-electron chi connectivity index (χ2n) is 4.50. The van der Waals surface area contributed by atoms with Crippen molar-refractivity contribution in [1.82, 2.24) is 14.5 Å². The molecule has 0 aliphatic rings. The number of hydrogen-bond donors (Lipinski definition) is 2. The van der Waals surface area contributed by atoms with Gasteiger partial charge in [-0.1, -0.05) is 18.2 Å². The van der Waals surface area contributed by atoms with Gasteiger partial charge in [0.25, 0.3) is 11.2 Å². The summed E-state index contributed by atoms with van der Waals surface area (Å²) in [4.78, 5) is 18.1. The van der Waals surface area contributed by atoms with Crippen LogP contribution in [0.1, 0.15) is 5.56 Å². The molecular formula is C13H13N5O3. The van der Waals surface area contributed by atoms with Gasteiger partial charge in [0.05, 0.1) is 7.11 Å². The molecule has 0 atom stereocenters. The highest BCUT2D eigenvalue weighted by molar-refractivity contribution is 5.67. The molecule has 0 bridgehead atoms. The number of ether oxygens (including phenoxy) is 1. The summed E-state index contributed by atoms with van der Waals surface area (Å²) in [7, 11) is 1.57. The molecule has 8 nitrogen and oxygen atoms in total. The summed E-state index contributed by atoms with van der Waals surface area (Å²) in [6.07, 6.45) is 1.26. The third-order valence-corrected chi connectivity index (χ3v) is 3.16. The van der Waals surface area contributed by atoms with Crippen LogP contribution in [0.15, 0.2) is 35.4 Å². The van der Waals surface area contributed by atoms with E-state index in [0.717, 1.165) is 5.56 Å². The second-order valence-corrected chi connectivity index (χ2v) is 4.50. The van der Waals surface area contributed by atoms with Crippen molar-refractivity contribution < 1.29 is 9.47 Å². The molecule has 2 aromatic heterocycles. The summed E-state index contributed by atoms with van der Waals surface area (Å²) in [5, 5.41) is 11.8. The van der Waals surface area contributed by atoms with Crippen molar-refractivity contribution in [2.24, 2.45) is 0 Å². The van der Waals surface area contributed by atoms with Gasteiger partial charge in [-0.25, -0.2) is 9.30 Å². The molecule has 0 spiro atoms. The van der Waals surface area contributed by atoms with Crippen LogP contribution in [0.5, 0.6) is 5.75 Å². The number of H-pyrrole nitrogens is 1. The van der Waals surface area contributed by atoms with Crippen LogP contribution in [0.4, 0.5) is 5.95 Å². The Balaban J connectivity index is 2.15. The average Bonchev–Trinajstić information content (AvgIpc) is 2.76. The van der Waals surface area contributed by atoms with Crippen molar-refractivity contribution in [2.45, 2.75) is 6.54 Å². The number of hydrogen-bond acceptors (Lipinski definition) is 5. The van der Waals surface area contributed by atoms with E-state index in [2.05, 4.69) is 9.97 Å². The quantitative estimate of drug-likeness (QED) is 0.520. The van der Waals surface area contributed by atoms with Gasteiger partial charge in [-0.05, 0) is 6.07 Å². The fourth-order valence-electron chi connectivity index (χ4n) is 2.24. The Morgan fingerprint density at radius 1 is 1.48 bits per heavy atom. The largest absolute Gasteiger partial charge is 0.710 e. The Hall–Kier alpha value is -3.03. The highest BCUT2D eigenvalue weighted by Gasteiger charge is 2.19. The maximum Gasteiger partial charge on any atom is 0.304 e. The Bertz CT molecular complexity index is 868. The van der Waals surface area contributed by atoms with E-state index in [1.54, 1.807) is 11.7 Å². The van der Waals surface area contributed by atoms with Gasteiger partial charge in [0.1, 0.15) is 12.3 Å². The fraction of sp³-hybridized carbons (Fsp3) is 0.154. The first kappa shape index (κ1) is 13.0. The zero-order valence-electron chi connectivity index (χ0n) is 11.2. The Labute approximate surface area is 119 Å². The van der Waals surface area contributed by atoms with Crippen molar-refractivity contribution in [3.8, 4) is 5.75 Å². The average molecular weight is 287 g/mol. The van der Waals surface area contributed by atoms with Gasteiger partial charge >= 0.3 is 5.56 Å². The van der Waals surface area contributed by atoms with E-state index in [4.69, 9.17) is 10.5 Å². The van der Waals surface area contributed by atoms with Gasteiger partial charge in [-0.2, -0.15) is 4.98 Å². The van der Waals surface area contributed by atoms with Gasteiger partial charge in [-0.15, -0.1) is 0 Å². The Kier molecular flexibility index (Phi) is 2.98. The Morgan fingerprint density at radius 3 is 3.00 bits per heavy atom. The van der Waals surface area contributed by atoms with Crippen molar-refractivity contribution in [1.29, 1.82) is 0 Å². The number of nitrogens with two attached hydrogens (primary N) is 1. The van der Waals surface area contributed by atoms with Gasteiger partial charge in [0, 0.05) is 5.56 Å². The minimum absolute atomic E-state index is 0.0347. The SMILES string of the molecule is COc1ccccc1Cn1c[n+]([O-])c2c(=O)[nH]c(N)nc21. The smallest absolute Gasteiger partial charge is 0.304 e. The lowest BCUT2D eigenvalue weighted by atomic mass is 10.2. The molecular weight excluding hydrogens is 274 g/mol. The summed E-state index contributed by atoms with van der Waals surface area (Å²) in [5.74, 6) is 0.655. The number of aromatic nitrogens is 4. The van der Waals surface area contributed by atoms with Crippen molar-refractivity contribution >= 4 is 17.1 Å². The van der Waals surface area contributed by atoms with Crippen LogP contribution in [0.2, 0.25) is 0 Å². The minimum Gasteiger partial charge on any atom is -0.710 e. The third kappa shape index (κ3) is 2.16. The van der Waals surface area contributed by atoms with E-state index in [9.17, 15) is 10.0 Å². The normalized spacial score (nSPS) is 10.9. The van der Waals surface area contributed by atoms with Crippen LogP contribution in [0.3, 0.4) is 0 Å². The van der Waals surface area contributed by atoms with Gasteiger partial charge < -0.3 is 15.7 Å². The van der Waals surface area contributed by atoms with Crippen LogP contribution < -0.4 is 20.8 Å². The third-order valence-electron chi connectivity index (χ3n) is 3.16. The van der Waals surface area contributed by atoms with Crippen LogP contribution in [-0.4, -0.2) is 21.6 Å². The topological polar surface area (TPSA) is 113 Å². The number of imidazole rings is 1. The maximum absolute atomic E-state index is 11.8. The van der Waals surface area contributed by atoms with E-state index in [1.807, 2.05) is 24.3 Å². The lowest BCUT2D eigenvalue weighted by molar-refractivity contribution is -0.578. The molecule has 0 aliphatic carbocycles. The monoisotopic (exact) mass is 287 g/mol. The van der Waals surface area contributed by atoms with E-state index in [-0.39, 0.29) is 17.1 Å².